The molecule has 232 valence electrons. The third-order valence-corrected chi connectivity index (χ3v) is 7.53. The van der Waals surface area contributed by atoms with Gasteiger partial charge in [0.2, 0.25) is 11.8 Å². The van der Waals surface area contributed by atoms with Gasteiger partial charge in [0.25, 0.3) is 0 Å². The average Bonchev–Trinajstić information content (AvgIpc) is 2.98. The summed E-state index contributed by atoms with van der Waals surface area (Å²) in [6.45, 7) is 4.49. The first-order chi connectivity index (χ1) is 20.8. The summed E-state index contributed by atoms with van der Waals surface area (Å²) in [6.07, 6.45) is -2.16. The van der Waals surface area contributed by atoms with E-state index in [2.05, 4.69) is 31.2 Å². The van der Waals surface area contributed by atoms with Crippen molar-refractivity contribution in [1.29, 1.82) is 0 Å². The molecule has 2 aromatic heterocycles. The number of hydrogen-bond acceptors (Lipinski definition) is 6. The summed E-state index contributed by atoms with van der Waals surface area (Å²) in [5.74, 6) is 0.321. The topological polar surface area (TPSA) is 82.6 Å². The molecule has 7 nitrogen and oxygen atoms in total. The molecule has 0 saturated heterocycles. The highest BCUT2D eigenvalue weighted by Gasteiger charge is 2.49. The van der Waals surface area contributed by atoms with Crippen molar-refractivity contribution in [2.45, 2.75) is 45.4 Å². The van der Waals surface area contributed by atoms with E-state index in [1.54, 1.807) is 19.2 Å². The predicted octanol–water partition coefficient (Wildman–Crippen LogP) is 8.05. The van der Waals surface area contributed by atoms with Gasteiger partial charge in [0, 0.05) is 22.3 Å². The second-order valence-electron chi connectivity index (χ2n) is 10.3. The summed E-state index contributed by atoms with van der Waals surface area (Å²) >= 11 is 3.19. The SMILES string of the molecule is CCOc1cc(OCc2ccc(OC)cc2)ncc1-c1ccc(CC(=O)Nc2cnc(C(C)(C)C(F)(F)F)cc2Br)c(F)c1. The number of alkyl halides is 3. The number of nitrogens with one attached hydrogen (secondary N) is 1. The van der Waals surface area contributed by atoms with E-state index in [0.717, 1.165) is 31.4 Å². The predicted molar refractivity (Wildman–Crippen MR) is 161 cm³/mol. The maximum atomic E-state index is 15.2. The lowest BCUT2D eigenvalue weighted by Crippen LogP contribution is -2.37. The number of carbonyl (C=O) groups excluding carboxylic acids is 1. The van der Waals surface area contributed by atoms with Crippen LogP contribution in [-0.2, 0) is 23.2 Å². The van der Waals surface area contributed by atoms with Gasteiger partial charge in [0.15, 0.2) is 0 Å². The highest BCUT2D eigenvalue weighted by atomic mass is 79.9. The quantitative estimate of drug-likeness (QED) is 0.162. The Labute approximate surface area is 260 Å². The second-order valence-corrected chi connectivity index (χ2v) is 11.1. The highest BCUT2D eigenvalue weighted by Crippen LogP contribution is 2.41. The van der Waals surface area contributed by atoms with Gasteiger partial charge < -0.3 is 19.5 Å². The van der Waals surface area contributed by atoms with E-state index in [-0.39, 0.29) is 34.4 Å². The van der Waals surface area contributed by atoms with E-state index in [0.29, 0.717) is 29.4 Å². The summed E-state index contributed by atoms with van der Waals surface area (Å²) in [5, 5.41) is 2.56. The first-order valence-corrected chi connectivity index (χ1v) is 14.3. The fraction of sp³-hybridized carbons (Fsp3) is 0.281. The molecule has 1 N–H and O–H groups in total. The van der Waals surface area contributed by atoms with Crippen LogP contribution in [0.4, 0.5) is 23.2 Å². The van der Waals surface area contributed by atoms with Crippen LogP contribution in [0.15, 0.2) is 71.5 Å². The van der Waals surface area contributed by atoms with Crippen LogP contribution in [0.1, 0.15) is 37.6 Å². The molecule has 12 heteroatoms. The van der Waals surface area contributed by atoms with Crippen LogP contribution >= 0.6 is 15.9 Å². The van der Waals surface area contributed by atoms with Gasteiger partial charge >= 0.3 is 6.18 Å². The molecule has 2 heterocycles. The molecule has 0 fully saturated rings. The molecule has 0 atom stereocenters. The van der Waals surface area contributed by atoms with Crippen LogP contribution in [0.25, 0.3) is 11.1 Å². The van der Waals surface area contributed by atoms with Gasteiger partial charge in [0.05, 0.1) is 37.7 Å². The van der Waals surface area contributed by atoms with Gasteiger partial charge in [-0.3, -0.25) is 9.78 Å². The number of rotatable bonds is 11. The molecule has 0 aliphatic carbocycles. The van der Waals surface area contributed by atoms with Gasteiger partial charge in [-0.1, -0.05) is 24.3 Å². The maximum absolute atomic E-state index is 15.2. The van der Waals surface area contributed by atoms with Crippen molar-refractivity contribution in [3.8, 4) is 28.5 Å². The van der Waals surface area contributed by atoms with Crippen molar-refractivity contribution in [1.82, 2.24) is 9.97 Å². The van der Waals surface area contributed by atoms with Crippen LogP contribution < -0.4 is 19.5 Å². The molecule has 4 aromatic rings. The van der Waals surface area contributed by atoms with Gasteiger partial charge in [-0.15, -0.1) is 0 Å². The monoisotopic (exact) mass is 675 g/mol. The van der Waals surface area contributed by atoms with Gasteiger partial charge in [0.1, 0.15) is 29.3 Å². The number of aromatic nitrogens is 2. The first kappa shape index (κ1) is 32.7. The van der Waals surface area contributed by atoms with Crippen molar-refractivity contribution in [2.75, 3.05) is 19.0 Å². The lowest BCUT2D eigenvalue weighted by atomic mass is 9.88. The summed E-state index contributed by atoms with van der Waals surface area (Å²) < 4.78 is 72.3. The van der Waals surface area contributed by atoms with Gasteiger partial charge in [-0.25, -0.2) is 9.37 Å². The number of halogens is 5. The summed E-state index contributed by atoms with van der Waals surface area (Å²) in [7, 11) is 1.59. The zero-order valence-corrected chi connectivity index (χ0v) is 26.0. The minimum atomic E-state index is -4.51. The number of pyridine rings is 2. The summed E-state index contributed by atoms with van der Waals surface area (Å²) in [4.78, 5) is 20.9. The minimum absolute atomic E-state index is 0.121. The largest absolute Gasteiger partial charge is 0.497 e. The Morgan fingerprint density at radius 1 is 0.977 bits per heavy atom. The zero-order valence-electron chi connectivity index (χ0n) is 24.4. The van der Waals surface area contributed by atoms with Crippen molar-refractivity contribution in [3.05, 3.63) is 94.1 Å². The number of methoxy groups -OCH3 is 1. The lowest BCUT2D eigenvalue weighted by molar-refractivity contribution is -0.181. The van der Waals surface area contributed by atoms with E-state index in [9.17, 15) is 18.0 Å². The molecule has 0 bridgehead atoms. The third kappa shape index (κ3) is 7.65. The number of benzene rings is 2. The third-order valence-electron chi connectivity index (χ3n) is 6.88. The molecule has 44 heavy (non-hydrogen) atoms. The molecule has 0 radical (unpaired) electrons. The van der Waals surface area contributed by atoms with E-state index < -0.39 is 23.3 Å². The minimum Gasteiger partial charge on any atom is -0.497 e. The Balaban J connectivity index is 1.45. The first-order valence-electron chi connectivity index (χ1n) is 13.5. The molecule has 0 unspecified atom stereocenters. The Morgan fingerprint density at radius 2 is 1.70 bits per heavy atom. The van der Waals surface area contributed by atoms with E-state index in [4.69, 9.17) is 14.2 Å². The highest BCUT2D eigenvalue weighted by molar-refractivity contribution is 9.10. The maximum Gasteiger partial charge on any atom is 0.399 e. The van der Waals surface area contributed by atoms with Crippen molar-refractivity contribution in [2.24, 2.45) is 0 Å². The molecule has 2 aromatic carbocycles. The lowest BCUT2D eigenvalue weighted by Gasteiger charge is -2.27. The van der Waals surface area contributed by atoms with E-state index in [1.165, 1.54) is 24.4 Å². The molecular weight excluding hydrogens is 646 g/mol. The number of carbonyl (C=O) groups is 1. The smallest absolute Gasteiger partial charge is 0.399 e. The second kappa shape index (κ2) is 13.6. The summed E-state index contributed by atoms with van der Waals surface area (Å²) in [5.41, 5.74) is -0.178. The Bertz CT molecular complexity index is 1630. The van der Waals surface area contributed by atoms with Crippen LogP contribution in [-0.4, -0.2) is 35.8 Å². The van der Waals surface area contributed by atoms with Crippen LogP contribution in [0.5, 0.6) is 17.4 Å². The fourth-order valence-corrected chi connectivity index (χ4v) is 4.52. The number of anilines is 1. The Morgan fingerprint density at radius 3 is 2.32 bits per heavy atom. The molecular formula is C32H30BrF4N3O4. The Kier molecular flexibility index (Phi) is 10.1. The zero-order chi connectivity index (χ0) is 32.1. The molecule has 4 rings (SSSR count). The van der Waals surface area contributed by atoms with Crippen LogP contribution in [0.3, 0.4) is 0 Å². The van der Waals surface area contributed by atoms with E-state index >= 15 is 4.39 Å². The molecule has 1 amide bonds. The van der Waals surface area contributed by atoms with Crippen molar-refractivity contribution < 1.29 is 36.6 Å². The number of hydrogen-bond donors (Lipinski definition) is 1. The van der Waals surface area contributed by atoms with Gasteiger partial charge in [-0.2, -0.15) is 13.2 Å². The van der Waals surface area contributed by atoms with Crippen molar-refractivity contribution >= 4 is 27.5 Å². The summed E-state index contributed by atoms with van der Waals surface area (Å²) in [6, 6.07) is 14.7. The standard InChI is InChI=1S/C32H30BrF4N3O4/c1-5-43-27-15-30(44-18-19-6-10-22(42-4)11-7-19)39-16-23(27)20-8-9-21(25(34)12-20)13-29(41)40-26-17-38-28(14-24(26)33)31(2,3)32(35,36)37/h6-12,14-17H,5,13,18H2,1-4H3,(H,40,41). The van der Waals surface area contributed by atoms with Crippen LogP contribution in [0.2, 0.25) is 0 Å². The Hall–Kier alpha value is -4.19. The molecule has 0 aliphatic heterocycles. The fourth-order valence-electron chi connectivity index (χ4n) is 4.10. The van der Waals surface area contributed by atoms with Gasteiger partial charge in [-0.05, 0) is 77.7 Å². The number of ether oxygens (including phenoxy) is 3. The van der Waals surface area contributed by atoms with E-state index in [1.807, 2.05) is 31.2 Å². The normalized spacial score (nSPS) is 11.7. The average molecular weight is 677 g/mol. The molecule has 0 aliphatic rings. The number of nitrogens with zero attached hydrogens (tertiary/aromatic N) is 2. The number of amides is 1. The molecule has 0 spiro atoms. The van der Waals surface area contributed by atoms with Crippen LogP contribution in [0, 0.1) is 5.82 Å². The van der Waals surface area contributed by atoms with Crippen molar-refractivity contribution in [3.63, 3.8) is 0 Å². The molecule has 0 saturated carbocycles.